The van der Waals surface area contributed by atoms with Crippen LogP contribution in [0, 0.1) is 23.1 Å². The minimum atomic E-state index is -0.882. The lowest BCUT2D eigenvalue weighted by atomic mass is 9.78. The van der Waals surface area contributed by atoms with Crippen LogP contribution in [-0.4, -0.2) is 6.61 Å². The molecule has 3 nitrogen and oxygen atoms in total. The predicted octanol–water partition coefficient (Wildman–Crippen LogP) is 3.69. The van der Waals surface area contributed by atoms with Gasteiger partial charge in [-0.05, 0) is 30.3 Å². The van der Waals surface area contributed by atoms with E-state index in [0.717, 1.165) is 5.56 Å². The van der Waals surface area contributed by atoms with E-state index in [-0.39, 0.29) is 11.7 Å². The quantitative estimate of drug-likeness (QED) is 0.913. The number of fused-ring (bicyclic) bond motifs is 1. The summed E-state index contributed by atoms with van der Waals surface area (Å²) in [5.41, 5.74) is 0.643. The Hall–Kier alpha value is -2.54. The Morgan fingerprint density at radius 3 is 2.67 bits per heavy atom. The second-order valence-corrected chi connectivity index (χ2v) is 5.26. The van der Waals surface area contributed by atoms with Crippen molar-refractivity contribution in [3.8, 4) is 11.8 Å². The van der Waals surface area contributed by atoms with Crippen LogP contribution in [0.5, 0.6) is 5.75 Å². The summed E-state index contributed by atoms with van der Waals surface area (Å²) in [5.74, 6) is 0.376. The number of nitrogens with one attached hydrogen (secondary N) is 1. The summed E-state index contributed by atoms with van der Waals surface area (Å²) in [4.78, 5) is 0. The minimum Gasteiger partial charge on any atom is -0.493 e. The Labute approximate surface area is 123 Å². The summed E-state index contributed by atoms with van der Waals surface area (Å²) >= 11 is 0. The second-order valence-electron chi connectivity index (χ2n) is 5.26. The number of nitrogens with zero attached hydrogens (tertiary/aromatic N) is 1. The van der Waals surface area contributed by atoms with Crippen LogP contribution in [0.1, 0.15) is 12.5 Å². The van der Waals surface area contributed by atoms with Crippen LogP contribution in [0.15, 0.2) is 48.5 Å². The molecule has 1 aliphatic heterocycles. The first-order valence-corrected chi connectivity index (χ1v) is 6.83. The van der Waals surface area contributed by atoms with Gasteiger partial charge in [0, 0.05) is 17.2 Å². The molecule has 0 aliphatic carbocycles. The molecule has 1 N–H and O–H groups in total. The lowest BCUT2D eigenvalue weighted by molar-refractivity contribution is 0.186. The third-order valence-electron chi connectivity index (χ3n) is 3.90. The number of ether oxygens (including phenoxy) is 1. The first-order chi connectivity index (χ1) is 10.2. The highest BCUT2D eigenvalue weighted by molar-refractivity contribution is 5.56. The largest absolute Gasteiger partial charge is 0.493 e. The van der Waals surface area contributed by atoms with Crippen LogP contribution in [0.4, 0.5) is 10.1 Å². The number of benzene rings is 2. The number of anilines is 1. The van der Waals surface area contributed by atoms with Gasteiger partial charge in [0.2, 0.25) is 0 Å². The van der Waals surface area contributed by atoms with Crippen molar-refractivity contribution in [1.29, 1.82) is 5.26 Å². The van der Waals surface area contributed by atoms with Crippen molar-refractivity contribution < 1.29 is 9.13 Å². The summed E-state index contributed by atoms with van der Waals surface area (Å²) in [5, 5.41) is 13.1. The van der Waals surface area contributed by atoms with Crippen LogP contribution in [0.2, 0.25) is 0 Å². The molecule has 0 fully saturated rings. The fraction of sp³-hybridized carbons (Fsp3) is 0.235. The summed E-state index contributed by atoms with van der Waals surface area (Å²) in [6, 6.07) is 16.0. The summed E-state index contributed by atoms with van der Waals surface area (Å²) in [6.45, 7) is 2.43. The number of rotatable bonds is 2. The molecule has 106 valence electrons. The molecule has 0 saturated heterocycles. The van der Waals surface area contributed by atoms with E-state index in [2.05, 4.69) is 11.4 Å². The molecule has 3 rings (SSSR count). The standard InChI is InChI=1S/C17H15FN2O/c1-12-10-21-16-5-3-2-4-15(16)17(12,11-19)20-14-8-6-13(18)7-9-14/h2-9,12,20H,10H2,1H3. The van der Waals surface area contributed by atoms with Gasteiger partial charge in [-0.1, -0.05) is 25.1 Å². The van der Waals surface area contributed by atoms with Gasteiger partial charge in [0.15, 0.2) is 5.54 Å². The number of nitriles is 1. The molecule has 0 bridgehead atoms. The second kappa shape index (κ2) is 5.10. The Bertz CT molecular complexity index is 693. The molecule has 1 heterocycles. The molecular formula is C17H15FN2O. The van der Waals surface area contributed by atoms with E-state index in [4.69, 9.17) is 4.74 Å². The van der Waals surface area contributed by atoms with Gasteiger partial charge in [-0.2, -0.15) is 5.26 Å². The van der Waals surface area contributed by atoms with Gasteiger partial charge in [0.25, 0.3) is 0 Å². The highest BCUT2D eigenvalue weighted by atomic mass is 19.1. The Balaban J connectivity index is 2.07. The molecular weight excluding hydrogens is 267 g/mol. The molecule has 0 amide bonds. The first kappa shape index (κ1) is 13.4. The van der Waals surface area contributed by atoms with Crippen molar-refractivity contribution in [2.45, 2.75) is 12.5 Å². The van der Waals surface area contributed by atoms with E-state index in [1.165, 1.54) is 12.1 Å². The molecule has 21 heavy (non-hydrogen) atoms. The lowest BCUT2D eigenvalue weighted by Gasteiger charge is -2.39. The normalized spacial score (nSPS) is 23.6. The third kappa shape index (κ3) is 2.21. The van der Waals surface area contributed by atoms with E-state index in [9.17, 15) is 9.65 Å². The maximum atomic E-state index is 13.0. The van der Waals surface area contributed by atoms with Gasteiger partial charge < -0.3 is 10.1 Å². The molecule has 0 aromatic heterocycles. The molecule has 2 aromatic rings. The molecule has 2 unspecified atom stereocenters. The van der Waals surface area contributed by atoms with E-state index >= 15 is 0 Å². The predicted molar refractivity (Wildman–Crippen MR) is 78.4 cm³/mol. The van der Waals surface area contributed by atoms with Crippen LogP contribution in [-0.2, 0) is 5.54 Å². The zero-order valence-electron chi connectivity index (χ0n) is 11.6. The average molecular weight is 282 g/mol. The molecule has 1 aliphatic rings. The number of para-hydroxylation sites is 1. The van der Waals surface area contributed by atoms with Crippen LogP contribution in [0.3, 0.4) is 0 Å². The van der Waals surface area contributed by atoms with Gasteiger partial charge >= 0.3 is 0 Å². The number of hydrogen-bond donors (Lipinski definition) is 1. The maximum absolute atomic E-state index is 13.0. The van der Waals surface area contributed by atoms with Crippen molar-refractivity contribution in [1.82, 2.24) is 0 Å². The minimum absolute atomic E-state index is 0.0394. The molecule has 2 aromatic carbocycles. The van der Waals surface area contributed by atoms with Gasteiger partial charge in [-0.3, -0.25) is 0 Å². The topological polar surface area (TPSA) is 45.0 Å². The third-order valence-corrected chi connectivity index (χ3v) is 3.90. The molecule has 2 atom stereocenters. The fourth-order valence-electron chi connectivity index (χ4n) is 2.67. The molecule has 0 spiro atoms. The fourth-order valence-corrected chi connectivity index (χ4v) is 2.67. The van der Waals surface area contributed by atoms with Crippen molar-refractivity contribution in [2.24, 2.45) is 5.92 Å². The highest BCUT2D eigenvalue weighted by Gasteiger charge is 2.44. The van der Waals surface area contributed by atoms with Crippen LogP contribution in [0.25, 0.3) is 0 Å². The Kier molecular flexibility index (Phi) is 3.26. The zero-order chi connectivity index (χ0) is 14.9. The maximum Gasteiger partial charge on any atom is 0.160 e. The van der Waals surface area contributed by atoms with E-state index < -0.39 is 5.54 Å². The molecule has 0 radical (unpaired) electrons. The lowest BCUT2D eigenvalue weighted by Crippen LogP contribution is -2.46. The molecule has 4 heteroatoms. The van der Waals surface area contributed by atoms with Gasteiger partial charge in [0.1, 0.15) is 11.6 Å². The first-order valence-electron chi connectivity index (χ1n) is 6.83. The average Bonchev–Trinajstić information content (AvgIpc) is 2.52. The molecule has 0 saturated carbocycles. The van der Waals surface area contributed by atoms with Gasteiger partial charge in [-0.15, -0.1) is 0 Å². The summed E-state index contributed by atoms with van der Waals surface area (Å²) in [7, 11) is 0. The van der Waals surface area contributed by atoms with Crippen molar-refractivity contribution in [3.05, 3.63) is 59.9 Å². The Morgan fingerprint density at radius 1 is 1.24 bits per heavy atom. The highest BCUT2D eigenvalue weighted by Crippen LogP contribution is 2.42. The summed E-state index contributed by atoms with van der Waals surface area (Å²) in [6.07, 6.45) is 0. The monoisotopic (exact) mass is 282 g/mol. The van der Waals surface area contributed by atoms with Crippen molar-refractivity contribution in [3.63, 3.8) is 0 Å². The number of hydrogen-bond acceptors (Lipinski definition) is 3. The van der Waals surface area contributed by atoms with Crippen LogP contribution >= 0.6 is 0 Å². The van der Waals surface area contributed by atoms with Crippen LogP contribution < -0.4 is 10.1 Å². The van der Waals surface area contributed by atoms with Gasteiger partial charge in [0.05, 0.1) is 12.7 Å². The smallest absolute Gasteiger partial charge is 0.160 e. The summed E-state index contributed by atoms with van der Waals surface area (Å²) < 4.78 is 18.7. The zero-order valence-corrected chi connectivity index (χ0v) is 11.6. The Morgan fingerprint density at radius 2 is 1.95 bits per heavy atom. The van der Waals surface area contributed by atoms with Crippen molar-refractivity contribution in [2.75, 3.05) is 11.9 Å². The van der Waals surface area contributed by atoms with E-state index in [1.54, 1.807) is 12.1 Å². The SMILES string of the molecule is CC1COc2ccccc2C1(C#N)Nc1ccc(F)cc1. The van der Waals surface area contributed by atoms with E-state index in [1.807, 2.05) is 31.2 Å². The van der Waals surface area contributed by atoms with Crippen molar-refractivity contribution >= 4 is 5.69 Å². The van der Waals surface area contributed by atoms with Gasteiger partial charge in [-0.25, -0.2) is 4.39 Å². The number of halogens is 1. The van der Waals surface area contributed by atoms with E-state index in [0.29, 0.717) is 18.0 Å².